The van der Waals surface area contributed by atoms with Gasteiger partial charge in [0, 0.05) is 6.21 Å². The van der Waals surface area contributed by atoms with Gasteiger partial charge in [-0.05, 0) is 6.42 Å². The smallest absolute Gasteiger partial charge is 0.260 e. The van der Waals surface area contributed by atoms with Gasteiger partial charge < -0.3 is 0 Å². The van der Waals surface area contributed by atoms with E-state index in [9.17, 15) is 4.79 Å². The number of urea groups is 1. The van der Waals surface area contributed by atoms with Gasteiger partial charge in [-0.25, -0.2) is 9.79 Å². The van der Waals surface area contributed by atoms with Crippen LogP contribution in [0.2, 0.25) is 0 Å². The fourth-order valence-electron chi connectivity index (χ4n) is 0.221. The monoisotopic (exact) mass is 132 g/mol. The lowest BCUT2D eigenvalue weighted by Crippen LogP contribution is -2.19. The molecule has 0 aromatic heterocycles. The molecule has 5 heteroatoms. The molecule has 0 aliphatic heterocycles. The van der Waals surface area contributed by atoms with Crippen molar-refractivity contribution in [2.45, 2.75) is 13.3 Å². The van der Waals surface area contributed by atoms with E-state index < -0.39 is 11.3 Å². The summed E-state index contributed by atoms with van der Waals surface area (Å²) in [7, 11) is 0. The Labute approximate surface area is 52.1 Å². The van der Waals surface area contributed by atoms with Crippen LogP contribution in [0.15, 0.2) is 4.99 Å². The van der Waals surface area contributed by atoms with Gasteiger partial charge in [0.2, 0.25) is 0 Å². The van der Waals surface area contributed by atoms with Gasteiger partial charge in [0.05, 0.1) is 0 Å². The molecule has 0 saturated carbocycles. The minimum Gasteiger partial charge on any atom is -0.260 e. The number of hydrogen-bond acceptors (Lipinski definition) is 3. The van der Waals surface area contributed by atoms with Crippen molar-refractivity contribution in [1.29, 1.82) is 0 Å². The maximum Gasteiger partial charge on any atom is 0.392 e. The summed E-state index contributed by atoms with van der Waals surface area (Å²) in [6, 6.07) is -1.09. The molecule has 9 heavy (non-hydrogen) atoms. The highest BCUT2D eigenvalue weighted by molar-refractivity contribution is 5.81. The summed E-state index contributed by atoms with van der Waals surface area (Å²) in [4.78, 5) is 13.2. The number of nitrogens with zero attached hydrogens (tertiary/aromatic N) is 2. The average Bonchev–Trinajstić information content (AvgIpc) is 1.82. The summed E-state index contributed by atoms with van der Waals surface area (Å²) in [5.41, 5.74) is 0. The molecule has 52 valence electrons. The maximum atomic E-state index is 10.1. The minimum absolute atomic E-state index is 0.563. The Kier molecular flexibility index (Phi) is 3.57. The van der Waals surface area contributed by atoms with E-state index in [0.717, 1.165) is 0 Å². The summed E-state index contributed by atoms with van der Waals surface area (Å²) in [6.07, 6.45) is 1.86. The Morgan fingerprint density at radius 2 is 2.33 bits per heavy atom. The Morgan fingerprint density at radius 3 is 2.67 bits per heavy atom. The van der Waals surface area contributed by atoms with E-state index in [1.807, 2.05) is 0 Å². The van der Waals surface area contributed by atoms with Gasteiger partial charge in [-0.2, -0.15) is 0 Å². The molecule has 0 aromatic carbocycles. The van der Waals surface area contributed by atoms with Gasteiger partial charge in [-0.1, -0.05) is 12.2 Å². The first kappa shape index (κ1) is 8.06. The fourth-order valence-corrected chi connectivity index (χ4v) is 0.221. The van der Waals surface area contributed by atoms with Crippen molar-refractivity contribution in [2.75, 3.05) is 0 Å². The molecule has 0 aromatic rings. The Balaban J connectivity index is 3.63. The normalized spacial score (nSPS) is 10.1. The Morgan fingerprint density at radius 1 is 1.78 bits per heavy atom. The number of amides is 2. The van der Waals surface area contributed by atoms with Crippen LogP contribution in [0.1, 0.15) is 13.3 Å². The number of rotatable bonds is 1. The third kappa shape index (κ3) is 3.63. The van der Waals surface area contributed by atoms with Crippen molar-refractivity contribution < 1.29 is 15.2 Å². The van der Waals surface area contributed by atoms with Crippen molar-refractivity contribution in [1.82, 2.24) is 5.23 Å². The maximum absolute atomic E-state index is 10.1. The first-order valence-corrected chi connectivity index (χ1v) is 2.42. The van der Waals surface area contributed by atoms with Gasteiger partial charge >= 0.3 is 6.03 Å². The third-order valence-electron chi connectivity index (χ3n) is 0.555. The zero-order valence-electron chi connectivity index (χ0n) is 4.98. The van der Waals surface area contributed by atoms with E-state index in [4.69, 9.17) is 10.4 Å². The lowest BCUT2D eigenvalue weighted by molar-refractivity contribution is -0.256. The highest BCUT2D eigenvalue weighted by Crippen LogP contribution is 1.81. The fraction of sp³-hybridized carbons (Fsp3) is 0.500. The molecule has 0 saturated heterocycles. The topological polar surface area (TPSA) is 73.1 Å². The summed E-state index contributed by atoms with van der Waals surface area (Å²) >= 11 is 0. The van der Waals surface area contributed by atoms with Crippen molar-refractivity contribution in [3.8, 4) is 0 Å². The predicted molar refractivity (Wildman–Crippen MR) is 29.6 cm³/mol. The zero-order chi connectivity index (χ0) is 7.28. The van der Waals surface area contributed by atoms with Crippen molar-refractivity contribution in [3.05, 3.63) is 0 Å². The zero-order valence-corrected chi connectivity index (χ0v) is 4.98. The van der Waals surface area contributed by atoms with E-state index in [-0.39, 0.29) is 0 Å². The quantitative estimate of drug-likeness (QED) is 0.313. The van der Waals surface area contributed by atoms with Gasteiger partial charge in [0.1, 0.15) is 0 Å². The summed E-state index contributed by atoms with van der Waals surface area (Å²) in [5.74, 6) is 0. The number of carbonyl (C=O) groups is 1. The number of hydroxylamine groups is 2. The molecule has 0 aliphatic rings. The highest BCUT2D eigenvalue weighted by Gasteiger charge is 2.01. The van der Waals surface area contributed by atoms with E-state index in [0.29, 0.717) is 6.42 Å². The standard InChI is InChI=1S/C4H8N2O3/c1-2-3-5-4(7)6(8)9/h3,8-9H,2H2,1H3. The van der Waals surface area contributed by atoms with Crippen LogP contribution in [0.25, 0.3) is 0 Å². The van der Waals surface area contributed by atoms with Gasteiger partial charge in [-0.3, -0.25) is 10.4 Å². The van der Waals surface area contributed by atoms with Crippen LogP contribution in [-0.2, 0) is 0 Å². The van der Waals surface area contributed by atoms with Crippen molar-refractivity contribution >= 4 is 12.2 Å². The second-order valence-corrected chi connectivity index (χ2v) is 1.29. The number of hydrogen-bond donors (Lipinski definition) is 2. The first-order chi connectivity index (χ1) is 4.18. The molecule has 0 atom stereocenters. The summed E-state index contributed by atoms with van der Waals surface area (Å²) in [6.45, 7) is 1.77. The summed E-state index contributed by atoms with van der Waals surface area (Å²) < 4.78 is 0. The van der Waals surface area contributed by atoms with E-state index in [1.54, 1.807) is 6.92 Å². The lowest BCUT2D eigenvalue weighted by Gasteiger charge is -1.97. The van der Waals surface area contributed by atoms with Gasteiger partial charge in [0.15, 0.2) is 0 Å². The molecular formula is C4H8N2O3. The van der Waals surface area contributed by atoms with Gasteiger partial charge in [-0.15, -0.1) is 0 Å². The highest BCUT2D eigenvalue weighted by atomic mass is 16.8. The second-order valence-electron chi connectivity index (χ2n) is 1.29. The molecule has 0 bridgehead atoms. The molecule has 0 spiro atoms. The third-order valence-corrected chi connectivity index (χ3v) is 0.555. The molecule has 0 aliphatic carbocycles. The van der Waals surface area contributed by atoms with Gasteiger partial charge in [0.25, 0.3) is 0 Å². The largest absolute Gasteiger partial charge is 0.392 e. The first-order valence-electron chi connectivity index (χ1n) is 2.42. The van der Waals surface area contributed by atoms with Crippen molar-refractivity contribution in [3.63, 3.8) is 0 Å². The summed E-state index contributed by atoms with van der Waals surface area (Å²) in [5, 5.41) is 15.4. The van der Waals surface area contributed by atoms with E-state index in [1.165, 1.54) is 6.21 Å². The molecule has 0 radical (unpaired) electrons. The molecule has 0 rings (SSSR count). The van der Waals surface area contributed by atoms with E-state index >= 15 is 0 Å². The Hall–Kier alpha value is -0.940. The Bertz CT molecular complexity index is 121. The SMILES string of the molecule is CCC=NC(=O)N(O)O. The second kappa shape index (κ2) is 3.99. The minimum atomic E-state index is -1.09. The van der Waals surface area contributed by atoms with Crippen LogP contribution in [0.4, 0.5) is 4.79 Å². The molecule has 0 heterocycles. The van der Waals surface area contributed by atoms with Crippen LogP contribution >= 0.6 is 0 Å². The lowest BCUT2D eigenvalue weighted by atomic mass is 10.5. The van der Waals surface area contributed by atoms with Crippen LogP contribution in [0, 0.1) is 0 Å². The molecule has 5 nitrogen and oxygen atoms in total. The number of aliphatic imine (C=N–C) groups is 1. The predicted octanol–water partition coefficient (Wildman–Crippen LogP) is 0.668. The molecule has 2 amide bonds. The van der Waals surface area contributed by atoms with Crippen LogP contribution in [0.5, 0.6) is 0 Å². The molecule has 0 unspecified atom stereocenters. The van der Waals surface area contributed by atoms with Crippen LogP contribution in [-0.4, -0.2) is 27.9 Å². The van der Waals surface area contributed by atoms with Crippen LogP contribution in [0.3, 0.4) is 0 Å². The molecule has 2 N–H and O–H groups in total. The average molecular weight is 132 g/mol. The molecular weight excluding hydrogens is 124 g/mol. The van der Waals surface area contributed by atoms with Crippen molar-refractivity contribution in [2.24, 2.45) is 4.99 Å². The number of carbonyl (C=O) groups excluding carboxylic acids is 1. The van der Waals surface area contributed by atoms with E-state index in [2.05, 4.69) is 4.99 Å². The van der Waals surface area contributed by atoms with Crippen LogP contribution < -0.4 is 0 Å². The molecule has 0 fully saturated rings.